The van der Waals surface area contributed by atoms with Gasteiger partial charge in [0.1, 0.15) is 11.9 Å². The number of ether oxygens (including phenoxy) is 1. The summed E-state index contributed by atoms with van der Waals surface area (Å²) in [7, 11) is 1.63. The maximum atomic E-state index is 10.4. The molecule has 3 aromatic rings. The van der Waals surface area contributed by atoms with Gasteiger partial charge in [0.2, 0.25) is 0 Å². The summed E-state index contributed by atoms with van der Waals surface area (Å²) in [4.78, 5) is 0.888. The number of rotatable bonds is 4. The molecule has 1 heterocycles. The van der Waals surface area contributed by atoms with Gasteiger partial charge >= 0.3 is 0 Å². The molecular weight excluding hydrogens is 280 g/mol. The number of aliphatic hydroxyl groups is 1. The minimum absolute atomic E-state index is 0.608. The zero-order chi connectivity index (χ0) is 14.7. The molecule has 0 aliphatic rings. The van der Waals surface area contributed by atoms with E-state index < -0.39 is 6.10 Å². The van der Waals surface area contributed by atoms with Crippen molar-refractivity contribution < 1.29 is 9.84 Å². The summed E-state index contributed by atoms with van der Waals surface area (Å²) in [5, 5.41) is 12.3. The normalized spacial score (nSPS) is 12.1. The topological polar surface area (TPSA) is 29.5 Å². The Balaban J connectivity index is 1.83. The summed E-state index contributed by atoms with van der Waals surface area (Å²) in [6, 6.07) is 20.1. The maximum absolute atomic E-state index is 10.4. The highest BCUT2D eigenvalue weighted by molar-refractivity contribution is 7.10. The first-order valence-electron chi connectivity index (χ1n) is 6.74. The van der Waals surface area contributed by atoms with Crippen molar-refractivity contribution in [2.75, 3.05) is 7.11 Å². The molecule has 106 valence electrons. The summed E-state index contributed by atoms with van der Waals surface area (Å²) in [6.07, 6.45) is -0.608. The van der Waals surface area contributed by atoms with Gasteiger partial charge in [-0.2, -0.15) is 0 Å². The fraction of sp³-hybridized carbons (Fsp3) is 0.111. The molecule has 0 amide bonds. The smallest absolute Gasteiger partial charge is 0.129 e. The molecular formula is C18H16O2S. The second kappa shape index (κ2) is 6.12. The third-order valence-corrected chi connectivity index (χ3v) is 4.40. The van der Waals surface area contributed by atoms with Crippen molar-refractivity contribution in [1.82, 2.24) is 0 Å². The van der Waals surface area contributed by atoms with Gasteiger partial charge in [0.15, 0.2) is 0 Å². The number of hydrogen-bond acceptors (Lipinski definition) is 3. The average Bonchev–Trinajstić information content (AvgIpc) is 3.04. The molecule has 0 radical (unpaired) electrons. The average molecular weight is 296 g/mol. The molecule has 0 aliphatic carbocycles. The van der Waals surface area contributed by atoms with E-state index in [4.69, 9.17) is 4.74 Å². The highest BCUT2D eigenvalue weighted by atomic mass is 32.1. The van der Waals surface area contributed by atoms with Gasteiger partial charge in [-0.15, -0.1) is 11.3 Å². The molecule has 1 unspecified atom stereocenters. The Bertz CT molecular complexity index is 702. The molecule has 2 aromatic carbocycles. The van der Waals surface area contributed by atoms with Crippen molar-refractivity contribution in [3.05, 3.63) is 76.5 Å². The first kappa shape index (κ1) is 13.9. The maximum Gasteiger partial charge on any atom is 0.129 e. The van der Waals surface area contributed by atoms with Crippen LogP contribution in [0, 0.1) is 0 Å². The first-order chi connectivity index (χ1) is 10.3. The van der Waals surface area contributed by atoms with E-state index in [1.807, 2.05) is 53.9 Å². The summed E-state index contributed by atoms with van der Waals surface area (Å²) in [6.45, 7) is 0. The zero-order valence-electron chi connectivity index (χ0n) is 11.7. The van der Waals surface area contributed by atoms with Gasteiger partial charge in [-0.05, 0) is 22.8 Å². The molecule has 0 spiro atoms. The lowest BCUT2D eigenvalue weighted by atomic mass is 10.0. The van der Waals surface area contributed by atoms with Crippen LogP contribution in [-0.2, 0) is 0 Å². The van der Waals surface area contributed by atoms with Gasteiger partial charge in [0, 0.05) is 10.3 Å². The van der Waals surface area contributed by atoms with Gasteiger partial charge in [0.25, 0.3) is 0 Å². The van der Waals surface area contributed by atoms with Crippen LogP contribution in [0.3, 0.4) is 0 Å². The summed E-state index contributed by atoms with van der Waals surface area (Å²) < 4.78 is 5.16. The Morgan fingerprint density at radius 1 is 0.952 bits per heavy atom. The lowest BCUT2D eigenvalue weighted by Crippen LogP contribution is -1.96. The number of hydrogen-bond donors (Lipinski definition) is 1. The van der Waals surface area contributed by atoms with Crippen molar-refractivity contribution in [3.63, 3.8) is 0 Å². The summed E-state index contributed by atoms with van der Waals surface area (Å²) in [5.41, 5.74) is 3.21. The predicted octanol–water partition coefficient (Wildman–Crippen LogP) is 4.51. The minimum atomic E-state index is -0.608. The highest BCUT2D eigenvalue weighted by Crippen LogP contribution is 2.31. The number of aliphatic hydroxyl groups excluding tert-OH is 1. The van der Waals surface area contributed by atoms with Crippen LogP contribution in [0.25, 0.3) is 11.1 Å². The van der Waals surface area contributed by atoms with Crippen LogP contribution in [0.2, 0.25) is 0 Å². The molecule has 0 bridgehead atoms. The van der Waals surface area contributed by atoms with Crippen LogP contribution in [-0.4, -0.2) is 12.2 Å². The molecule has 3 heteroatoms. The molecule has 3 rings (SSSR count). The van der Waals surface area contributed by atoms with E-state index in [0.29, 0.717) is 0 Å². The molecule has 0 saturated carbocycles. The van der Waals surface area contributed by atoms with E-state index in [9.17, 15) is 5.11 Å². The van der Waals surface area contributed by atoms with E-state index in [1.165, 1.54) is 16.9 Å². The van der Waals surface area contributed by atoms with Crippen molar-refractivity contribution in [2.24, 2.45) is 0 Å². The monoisotopic (exact) mass is 296 g/mol. The second-order valence-electron chi connectivity index (χ2n) is 4.78. The van der Waals surface area contributed by atoms with Crippen molar-refractivity contribution in [3.8, 4) is 16.9 Å². The molecule has 0 aliphatic heterocycles. The van der Waals surface area contributed by atoms with E-state index in [1.54, 1.807) is 7.11 Å². The van der Waals surface area contributed by atoms with Crippen LogP contribution >= 0.6 is 11.3 Å². The van der Waals surface area contributed by atoms with Crippen LogP contribution in [0.1, 0.15) is 16.5 Å². The Labute approximate surface area is 128 Å². The van der Waals surface area contributed by atoms with Crippen LogP contribution in [0.15, 0.2) is 66.0 Å². The Kier molecular flexibility index (Phi) is 4.04. The Morgan fingerprint density at radius 3 is 2.24 bits per heavy atom. The fourth-order valence-electron chi connectivity index (χ4n) is 2.24. The molecule has 2 nitrogen and oxygen atoms in total. The largest absolute Gasteiger partial charge is 0.496 e. The molecule has 0 saturated heterocycles. The van der Waals surface area contributed by atoms with Crippen molar-refractivity contribution in [1.29, 1.82) is 0 Å². The van der Waals surface area contributed by atoms with E-state index in [0.717, 1.165) is 21.8 Å². The van der Waals surface area contributed by atoms with Gasteiger partial charge in [-0.3, -0.25) is 0 Å². The SMILES string of the molecule is COc1csc(C(O)c2ccc(-c3ccccc3)cc2)c1. The van der Waals surface area contributed by atoms with Gasteiger partial charge in [0.05, 0.1) is 7.11 Å². The van der Waals surface area contributed by atoms with E-state index in [-0.39, 0.29) is 0 Å². The van der Waals surface area contributed by atoms with Gasteiger partial charge in [-0.1, -0.05) is 54.6 Å². The third kappa shape index (κ3) is 2.99. The second-order valence-corrected chi connectivity index (χ2v) is 5.72. The standard InChI is InChI=1S/C18H16O2S/c1-20-16-11-17(21-12-16)18(19)15-9-7-14(8-10-15)13-5-3-2-4-6-13/h2-12,18-19H,1H3. The van der Waals surface area contributed by atoms with E-state index in [2.05, 4.69) is 12.1 Å². The highest BCUT2D eigenvalue weighted by Gasteiger charge is 2.13. The van der Waals surface area contributed by atoms with Crippen LogP contribution in [0.5, 0.6) is 5.75 Å². The number of benzene rings is 2. The Hall–Kier alpha value is -2.10. The van der Waals surface area contributed by atoms with Crippen molar-refractivity contribution >= 4 is 11.3 Å². The quantitative estimate of drug-likeness (QED) is 0.768. The molecule has 0 fully saturated rings. The zero-order valence-corrected chi connectivity index (χ0v) is 12.5. The lowest BCUT2D eigenvalue weighted by molar-refractivity contribution is 0.224. The minimum Gasteiger partial charge on any atom is -0.496 e. The molecule has 1 N–H and O–H groups in total. The first-order valence-corrected chi connectivity index (χ1v) is 7.62. The third-order valence-electron chi connectivity index (χ3n) is 3.43. The fourth-order valence-corrected chi connectivity index (χ4v) is 3.10. The Morgan fingerprint density at radius 2 is 1.62 bits per heavy atom. The predicted molar refractivity (Wildman–Crippen MR) is 86.8 cm³/mol. The van der Waals surface area contributed by atoms with Crippen molar-refractivity contribution in [2.45, 2.75) is 6.10 Å². The van der Waals surface area contributed by atoms with E-state index >= 15 is 0 Å². The summed E-state index contributed by atoms with van der Waals surface area (Å²) in [5.74, 6) is 0.787. The number of methoxy groups -OCH3 is 1. The van der Waals surface area contributed by atoms with Crippen LogP contribution in [0.4, 0.5) is 0 Å². The van der Waals surface area contributed by atoms with Crippen LogP contribution < -0.4 is 4.74 Å². The number of thiophene rings is 1. The molecule has 1 aromatic heterocycles. The lowest BCUT2D eigenvalue weighted by Gasteiger charge is -2.10. The molecule has 21 heavy (non-hydrogen) atoms. The summed E-state index contributed by atoms with van der Waals surface area (Å²) >= 11 is 1.50. The van der Waals surface area contributed by atoms with Gasteiger partial charge in [-0.25, -0.2) is 0 Å². The van der Waals surface area contributed by atoms with Gasteiger partial charge < -0.3 is 9.84 Å². The molecule has 1 atom stereocenters.